The van der Waals surface area contributed by atoms with Crippen LogP contribution in [0, 0.1) is 0 Å². The number of benzene rings is 1. The minimum Gasteiger partial charge on any atom is -0.133 e. The standard InChI is InChI=1S/C16H17BrS/c17-16-11-10-15(18-16)14-8-6-13(7-9-14)12-4-2-1-3-5-12/h1-5,10-11,13-14H,6-9H2. The predicted octanol–water partition coefficient (Wildman–Crippen LogP) is 5.95. The molecule has 1 aliphatic rings. The van der Waals surface area contributed by atoms with E-state index in [1.54, 1.807) is 4.88 Å². The lowest BCUT2D eigenvalue weighted by atomic mass is 9.78. The third-order valence-corrected chi connectivity index (χ3v) is 5.78. The van der Waals surface area contributed by atoms with Gasteiger partial charge in [-0.15, -0.1) is 11.3 Å². The fourth-order valence-corrected chi connectivity index (χ4v) is 4.58. The Hall–Kier alpha value is -0.600. The van der Waals surface area contributed by atoms with Crippen LogP contribution in [0.25, 0.3) is 0 Å². The van der Waals surface area contributed by atoms with E-state index in [0.717, 1.165) is 11.8 Å². The van der Waals surface area contributed by atoms with Crippen molar-refractivity contribution in [1.82, 2.24) is 0 Å². The molecule has 3 rings (SSSR count). The summed E-state index contributed by atoms with van der Waals surface area (Å²) in [6, 6.07) is 15.5. The van der Waals surface area contributed by atoms with E-state index in [1.807, 2.05) is 11.3 Å². The summed E-state index contributed by atoms with van der Waals surface area (Å²) in [7, 11) is 0. The van der Waals surface area contributed by atoms with Crippen molar-refractivity contribution in [3.05, 3.63) is 56.7 Å². The van der Waals surface area contributed by atoms with Gasteiger partial charge < -0.3 is 0 Å². The summed E-state index contributed by atoms with van der Waals surface area (Å²) in [5, 5.41) is 0. The first kappa shape index (κ1) is 12.4. The van der Waals surface area contributed by atoms with Crippen molar-refractivity contribution < 1.29 is 0 Å². The average Bonchev–Trinajstić information content (AvgIpc) is 2.87. The fraction of sp³-hybridized carbons (Fsp3) is 0.375. The largest absolute Gasteiger partial charge is 0.133 e. The average molecular weight is 321 g/mol. The van der Waals surface area contributed by atoms with Crippen LogP contribution in [-0.2, 0) is 0 Å². The molecule has 1 aromatic heterocycles. The van der Waals surface area contributed by atoms with Crippen molar-refractivity contribution in [2.75, 3.05) is 0 Å². The monoisotopic (exact) mass is 320 g/mol. The van der Waals surface area contributed by atoms with Crippen molar-refractivity contribution >= 4 is 27.3 Å². The molecule has 1 heterocycles. The summed E-state index contributed by atoms with van der Waals surface area (Å²) in [6.45, 7) is 0. The third-order valence-electron chi connectivity index (χ3n) is 3.99. The van der Waals surface area contributed by atoms with Gasteiger partial charge in [0.15, 0.2) is 0 Å². The molecule has 1 aliphatic carbocycles. The predicted molar refractivity (Wildman–Crippen MR) is 82.4 cm³/mol. The minimum atomic E-state index is 0.783. The molecule has 1 aromatic carbocycles. The molecular weight excluding hydrogens is 304 g/mol. The molecule has 0 saturated heterocycles. The van der Waals surface area contributed by atoms with Crippen LogP contribution in [0.3, 0.4) is 0 Å². The number of hydrogen-bond acceptors (Lipinski definition) is 1. The Bertz CT molecular complexity index is 495. The normalized spacial score (nSPS) is 24.1. The van der Waals surface area contributed by atoms with E-state index in [-0.39, 0.29) is 0 Å². The molecule has 0 unspecified atom stereocenters. The van der Waals surface area contributed by atoms with Crippen LogP contribution in [0.5, 0.6) is 0 Å². The zero-order valence-corrected chi connectivity index (χ0v) is 12.7. The molecule has 2 heteroatoms. The van der Waals surface area contributed by atoms with Crippen molar-refractivity contribution in [2.45, 2.75) is 37.5 Å². The molecule has 1 fully saturated rings. The van der Waals surface area contributed by atoms with Crippen molar-refractivity contribution in [1.29, 1.82) is 0 Å². The SMILES string of the molecule is Brc1ccc(C2CCC(c3ccccc3)CC2)s1. The van der Waals surface area contributed by atoms with Crippen molar-refractivity contribution in [3.63, 3.8) is 0 Å². The maximum absolute atomic E-state index is 3.57. The Labute approximate surface area is 121 Å². The third kappa shape index (κ3) is 2.70. The first-order valence-corrected chi connectivity index (χ1v) is 8.24. The summed E-state index contributed by atoms with van der Waals surface area (Å²) in [5.74, 6) is 1.58. The molecule has 0 spiro atoms. The molecule has 0 radical (unpaired) electrons. The van der Waals surface area contributed by atoms with Gasteiger partial charge in [-0.05, 0) is 71.1 Å². The Balaban J connectivity index is 1.65. The molecule has 0 nitrogen and oxygen atoms in total. The van der Waals surface area contributed by atoms with Gasteiger partial charge in [0.1, 0.15) is 0 Å². The van der Waals surface area contributed by atoms with Crippen LogP contribution in [0.2, 0.25) is 0 Å². The highest BCUT2D eigenvalue weighted by molar-refractivity contribution is 9.11. The van der Waals surface area contributed by atoms with E-state index < -0.39 is 0 Å². The highest BCUT2D eigenvalue weighted by Crippen LogP contribution is 2.42. The lowest BCUT2D eigenvalue weighted by Crippen LogP contribution is -2.11. The van der Waals surface area contributed by atoms with E-state index in [9.17, 15) is 0 Å². The Morgan fingerprint density at radius 1 is 0.833 bits per heavy atom. The highest BCUT2D eigenvalue weighted by atomic mass is 79.9. The number of halogens is 1. The smallest absolute Gasteiger partial charge is 0.0701 e. The zero-order valence-electron chi connectivity index (χ0n) is 10.3. The van der Waals surface area contributed by atoms with Gasteiger partial charge in [-0.25, -0.2) is 0 Å². The first-order chi connectivity index (χ1) is 8.83. The van der Waals surface area contributed by atoms with Crippen molar-refractivity contribution in [2.24, 2.45) is 0 Å². The van der Waals surface area contributed by atoms with Crippen LogP contribution < -0.4 is 0 Å². The van der Waals surface area contributed by atoms with Gasteiger partial charge in [-0.3, -0.25) is 0 Å². The molecule has 2 aromatic rings. The molecular formula is C16H17BrS. The topological polar surface area (TPSA) is 0 Å². The van der Waals surface area contributed by atoms with E-state index in [0.29, 0.717) is 0 Å². The number of rotatable bonds is 2. The number of hydrogen-bond donors (Lipinski definition) is 0. The van der Waals surface area contributed by atoms with Crippen LogP contribution in [0.1, 0.15) is 48.0 Å². The van der Waals surface area contributed by atoms with Crippen molar-refractivity contribution in [3.8, 4) is 0 Å². The van der Waals surface area contributed by atoms with Crippen LogP contribution in [0.15, 0.2) is 46.3 Å². The van der Waals surface area contributed by atoms with Crippen LogP contribution >= 0.6 is 27.3 Å². The van der Waals surface area contributed by atoms with E-state index in [4.69, 9.17) is 0 Å². The van der Waals surface area contributed by atoms with Gasteiger partial charge in [0.05, 0.1) is 3.79 Å². The van der Waals surface area contributed by atoms with E-state index >= 15 is 0 Å². The first-order valence-electron chi connectivity index (χ1n) is 6.63. The zero-order chi connectivity index (χ0) is 12.4. The second-order valence-corrected chi connectivity index (χ2v) is 7.60. The summed E-state index contributed by atoms with van der Waals surface area (Å²) in [6.07, 6.45) is 5.35. The summed E-state index contributed by atoms with van der Waals surface area (Å²) < 4.78 is 1.27. The molecule has 0 bridgehead atoms. The second-order valence-electron chi connectivity index (χ2n) is 5.10. The molecule has 0 amide bonds. The molecule has 0 N–H and O–H groups in total. The molecule has 0 atom stereocenters. The van der Waals surface area contributed by atoms with Gasteiger partial charge in [0.25, 0.3) is 0 Å². The maximum atomic E-state index is 3.57. The Morgan fingerprint density at radius 3 is 2.11 bits per heavy atom. The van der Waals surface area contributed by atoms with Gasteiger partial charge in [-0.1, -0.05) is 30.3 Å². The van der Waals surface area contributed by atoms with Crippen LogP contribution in [0.4, 0.5) is 0 Å². The summed E-state index contributed by atoms with van der Waals surface area (Å²) in [4.78, 5) is 1.56. The quantitative estimate of drug-likeness (QED) is 0.641. The van der Waals surface area contributed by atoms with Gasteiger partial charge in [-0.2, -0.15) is 0 Å². The Morgan fingerprint density at radius 2 is 1.50 bits per heavy atom. The number of thiophene rings is 1. The second kappa shape index (κ2) is 5.58. The highest BCUT2D eigenvalue weighted by Gasteiger charge is 2.24. The van der Waals surface area contributed by atoms with E-state index in [1.165, 1.54) is 35.0 Å². The van der Waals surface area contributed by atoms with Gasteiger partial charge in [0.2, 0.25) is 0 Å². The fourth-order valence-electron chi connectivity index (χ4n) is 2.98. The Kier molecular flexibility index (Phi) is 3.86. The molecule has 0 aliphatic heterocycles. The molecule has 1 saturated carbocycles. The summed E-state index contributed by atoms with van der Waals surface area (Å²) in [5.41, 5.74) is 1.53. The lowest BCUT2D eigenvalue weighted by Gasteiger charge is -2.28. The van der Waals surface area contributed by atoms with Crippen LogP contribution in [-0.4, -0.2) is 0 Å². The van der Waals surface area contributed by atoms with E-state index in [2.05, 4.69) is 58.4 Å². The molecule has 94 valence electrons. The van der Waals surface area contributed by atoms with Gasteiger partial charge in [0, 0.05) is 4.88 Å². The maximum Gasteiger partial charge on any atom is 0.0701 e. The summed E-state index contributed by atoms with van der Waals surface area (Å²) >= 11 is 5.47. The minimum absolute atomic E-state index is 0.783. The lowest BCUT2D eigenvalue weighted by molar-refractivity contribution is 0.400. The molecule has 18 heavy (non-hydrogen) atoms. The van der Waals surface area contributed by atoms with Gasteiger partial charge >= 0.3 is 0 Å².